The van der Waals surface area contributed by atoms with E-state index in [4.69, 9.17) is 9.47 Å². The van der Waals surface area contributed by atoms with Crippen molar-refractivity contribution in [3.63, 3.8) is 0 Å². The second-order valence-corrected chi connectivity index (χ2v) is 4.60. The molecule has 0 fully saturated rings. The van der Waals surface area contributed by atoms with Gasteiger partial charge >= 0.3 is 0 Å². The van der Waals surface area contributed by atoms with E-state index in [1.165, 1.54) is 51.4 Å². The van der Waals surface area contributed by atoms with E-state index in [9.17, 15) is 0 Å². The third kappa shape index (κ3) is 21.2. The maximum atomic E-state index is 5.06. The quantitative estimate of drug-likeness (QED) is 0.358. The fraction of sp³-hybridized carbons (Fsp3) is 1.00. The smallest absolute Gasteiger partial charge is 0.154 e. The molecule has 2 heteroatoms. The van der Waals surface area contributed by atoms with Gasteiger partial charge in [-0.3, -0.25) is 0 Å². The Morgan fingerprint density at radius 1 is 0.611 bits per heavy atom. The zero-order valence-electron chi connectivity index (χ0n) is 13.5. The Morgan fingerprint density at radius 2 is 0.944 bits per heavy atom. The maximum absolute atomic E-state index is 5.06. The van der Waals surface area contributed by atoms with Crippen LogP contribution in [-0.4, -0.2) is 19.5 Å². The van der Waals surface area contributed by atoms with Gasteiger partial charge in [0.25, 0.3) is 0 Å². The second-order valence-electron chi connectivity index (χ2n) is 4.60. The van der Waals surface area contributed by atoms with E-state index in [1.807, 2.05) is 20.8 Å². The Hall–Kier alpha value is -0.0800. The minimum Gasteiger partial charge on any atom is -0.353 e. The molecule has 0 N–H and O–H groups in total. The number of rotatable bonds is 11. The highest BCUT2D eigenvalue weighted by atomic mass is 16.7. The van der Waals surface area contributed by atoms with Gasteiger partial charge < -0.3 is 9.47 Å². The van der Waals surface area contributed by atoms with Gasteiger partial charge in [0.1, 0.15) is 0 Å². The number of hydrogen-bond donors (Lipinski definition) is 0. The minimum atomic E-state index is -0.0370. The molecule has 0 unspecified atom stereocenters. The molecule has 0 rings (SSSR count). The van der Waals surface area contributed by atoms with Gasteiger partial charge in [-0.1, -0.05) is 65.2 Å². The maximum Gasteiger partial charge on any atom is 0.154 e. The Morgan fingerprint density at radius 3 is 1.22 bits per heavy atom. The van der Waals surface area contributed by atoms with Crippen LogP contribution in [-0.2, 0) is 9.47 Å². The highest BCUT2D eigenvalue weighted by molar-refractivity contribution is 4.43. The van der Waals surface area contributed by atoms with Crippen molar-refractivity contribution in [2.24, 2.45) is 0 Å². The van der Waals surface area contributed by atoms with E-state index in [2.05, 4.69) is 13.8 Å². The molecule has 0 aromatic rings. The van der Waals surface area contributed by atoms with Crippen molar-refractivity contribution in [2.75, 3.05) is 13.2 Å². The highest BCUT2D eigenvalue weighted by Gasteiger charge is 1.94. The van der Waals surface area contributed by atoms with E-state index in [-0.39, 0.29) is 6.29 Å². The van der Waals surface area contributed by atoms with Crippen LogP contribution in [0.15, 0.2) is 0 Å². The largest absolute Gasteiger partial charge is 0.353 e. The summed E-state index contributed by atoms with van der Waals surface area (Å²) in [7, 11) is 0. The third-order valence-corrected chi connectivity index (χ3v) is 2.76. The molecule has 18 heavy (non-hydrogen) atoms. The summed E-state index contributed by atoms with van der Waals surface area (Å²) in [6.07, 6.45) is 11.4. The van der Waals surface area contributed by atoms with Crippen molar-refractivity contribution < 1.29 is 9.47 Å². The molecule has 0 amide bonds. The van der Waals surface area contributed by atoms with E-state index in [0.29, 0.717) is 0 Å². The zero-order valence-corrected chi connectivity index (χ0v) is 13.5. The van der Waals surface area contributed by atoms with Crippen LogP contribution < -0.4 is 0 Å². The summed E-state index contributed by atoms with van der Waals surface area (Å²) >= 11 is 0. The summed E-state index contributed by atoms with van der Waals surface area (Å²) in [5.41, 5.74) is 0. The first kappa shape index (κ1) is 20.2. The molecule has 0 heterocycles. The molecule has 0 spiro atoms. The summed E-state index contributed by atoms with van der Waals surface area (Å²) in [5.74, 6) is 0. The first-order valence-electron chi connectivity index (χ1n) is 7.95. The SMILES string of the molecule is CCCCCCCCCC.CCOC(C)OCC. The van der Waals surface area contributed by atoms with Gasteiger partial charge in [-0.2, -0.15) is 0 Å². The Kier molecular flexibility index (Phi) is 21.7. The van der Waals surface area contributed by atoms with Crippen molar-refractivity contribution in [1.82, 2.24) is 0 Å². The van der Waals surface area contributed by atoms with Crippen LogP contribution in [0.2, 0.25) is 0 Å². The Balaban J connectivity index is 0. The Bertz CT molecular complexity index is 112. The second kappa shape index (κ2) is 19.3. The van der Waals surface area contributed by atoms with Gasteiger partial charge in [0, 0.05) is 13.2 Å². The van der Waals surface area contributed by atoms with Gasteiger partial charge in [-0.05, 0) is 20.8 Å². The number of ether oxygens (including phenoxy) is 2. The van der Waals surface area contributed by atoms with Crippen LogP contribution in [0, 0.1) is 0 Å². The zero-order chi connectivity index (χ0) is 14.1. The topological polar surface area (TPSA) is 18.5 Å². The van der Waals surface area contributed by atoms with E-state index >= 15 is 0 Å². The lowest BCUT2D eigenvalue weighted by atomic mass is 10.1. The molecular weight excluding hydrogens is 224 g/mol. The molecule has 0 saturated carbocycles. The van der Waals surface area contributed by atoms with Crippen molar-refractivity contribution in [3.8, 4) is 0 Å². The molecule has 0 bridgehead atoms. The fourth-order valence-corrected chi connectivity index (χ4v) is 1.72. The van der Waals surface area contributed by atoms with Crippen LogP contribution in [0.1, 0.15) is 86.0 Å². The van der Waals surface area contributed by atoms with Gasteiger partial charge in [-0.15, -0.1) is 0 Å². The van der Waals surface area contributed by atoms with Gasteiger partial charge in [0.15, 0.2) is 6.29 Å². The lowest BCUT2D eigenvalue weighted by Crippen LogP contribution is -2.11. The lowest BCUT2D eigenvalue weighted by Gasteiger charge is -2.09. The molecule has 0 aliphatic rings. The summed E-state index contributed by atoms with van der Waals surface area (Å²) in [4.78, 5) is 0. The monoisotopic (exact) mass is 260 g/mol. The predicted molar refractivity (Wildman–Crippen MR) is 81.0 cm³/mol. The molecule has 0 aliphatic heterocycles. The van der Waals surface area contributed by atoms with Crippen molar-refractivity contribution in [3.05, 3.63) is 0 Å². The van der Waals surface area contributed by atoms with Gasteiger partial charge in [-0.25, -0.2) is 0 Å². The predicted octanol–water partition coefficient (Wildman–Crippen LogP) is 5.55. The van der Waals surface area contributed by atoms with Crippen LogP contribution in [0.5, 0.6) is 0 Å². The van der Waals surface area contributed by atoms with Gasteiger partial charge in [0.2, 0.25) is 0 Å². The molecule has 0 aromatic heterocycles. The summed E-state index contributed by atoms with van der Waals surface area (Å²) in [6, 6.07) is 0. The number of unbranched alkanes of at least 4 members (excludes halogenated alkanes) is 7. The average Bonchev–Trinajstić information content (AvgIpc) is 2.35. The molecule has 112 valence electrons. The number of hydrogen-bond acceptors (Lipinski definition) is 2. The lowest BCUT2D eigenvalue weighted by molar-refractivity contribution is -0.123. The van der Waals surface area contributed by atoms with Crippen LogP contribution >= 0.6 is 0 Å². The van der Waals surface area contributed by atoms with Gasteiger partial charge in [0.05, 0.1) is 0 Å². The summed E-state index contributed by atoms with van der Waals surface area (Å²) in [5, 5.41) is 0. The third-order valence-electron chi connectivity index (χ3n) is 2.76. The van der Waals surface area contributed by atoms with Crippen molar-refractivity contribution in [2.45, 2.75) is 92.3 Å². The van der Waals surface area contributed by atoms with Crippen molar-refractivity contribution >= 4 is 0 Å². The standard InChI is InChI=1S/C10H22.C6H14O2/c1-3-5-7-9-10-8-6-4-2;1-4-7-6(3)8-5-2/h3-10H2,1-2H3;6H,4-5H2,1-3H3. The average molecular weight is 260 g/mol. The van der Waals surface area contributed by atoms with E-state index in [1.54, 1.807) is 0 Å². The molecule has 0 aromatic carbocycles. The molecule has 0 aliphatic carbocycles. The Labute approximate surface area is 115 Å². The van der Waals surface area contributed by atoms with Crippen LogP contribution in [0.4, 0.5) is 0 Å². The molecular formula is C16H36O2. The van der Waals surface area contributed by atoms with Crippen LogP contribution in [0.3, 0.4) is 0 Å². The first-order valence-corrected chi connectivity index (χ1v) is 7.95. The first-order chi connectivity index (χ1) is 8.72. The molecule has 2 nitrogen and oxygen atoms in total. The minimum absolute atomic E-state index is 0.0370. The van der Waals surface area contributed by atoms with E-state index < -0.39 is 0 Å². The van der Waals surface area contributed by atoms with E-state index in [0.717, 1.165) is 13.2 Å². The normalized spacial score (nSPS) is 10.3. The molecule has 0 saturated heterocycles. The summed E-state index contributed by atoms with van der Waals surface area (Å²) in [6.45, 7) is 11.8. The molecule has 0 atom stereocenters. The summed E-state index contributed by atoms with van der Waals surface area (Å²) < 4.78 is 10.1. The van der Waals surface area contributed by atoms with Crippen LogP contribution in [0.25, 0.3) is 0 Å². The highest BCUT2D eigenvalue weighted by Crippen LogP contribution is 2.07. The van der Waals surface area contributed by atoms with Crippen molar-refractivity contribution in [1.29, 1.82) is 0 Å². The molecule has 0 radical (unpaired) electrons. The fourth-order valence-electron chi connectivity index (χ4n) is 1.72.